The first kappa shape index (κ1) is 22.1. The van der Waals surface area contributed by atoms with Gasteiger partial charge in [0.2, 0.25) is 5.82 Å². The predicted molar refractivity (Wildman–Crippen MR) is 115 cm³/mol. The molecule has 1 N–H and O–H groups in total. The summed E-state index contributed by atoms with van der Waals surface area (Å²) in [7, 11) is 1.41. The van der Waals surface area contributed by atoms with Gasteiger partial charge in [-0.2, -0.15) is 0 Å². The van der Waals surface area contributed by atoms with E-state index in [0.717, 1.165) is 5.56 Å². The molecule has 0 bridgehead atoms. The molecule has 9 heteroatoms. The summed E-state index contributed by atoms with van der Waals surface area (Å²) >= 11 is 11.9. The van der Waals surface area contributed by atoms with E-state index in [-0.39, 0.29) is 33.6 Å². The van der Waals surface area contributed by atoms with E-state index in [1.165, 1.54) is 40.9 Å². The summed E-state index contributed by atoms with van der Waals surface area (Å²) in [4.78, 5) is 22.1. The highest BCUT2D eigenvalue weighted by Crippen LogP contribution is 2.33. The lowest BCUT2D eigenvalue weighted by atomic mass is 9.87. The van der Waals surface area contributed by atoms with Crippen molar-refractivity contribution in [3.05, 3.63) is 69.7 Å². The molecule has 0 radical (unpaired) electrons. The van der Waals surface area contributed by atoms with E-state index >= 15 is 0 Å². The summed E-state index contributed by atoms with van der Waals surface area (Å²) in [5.74, 6) is -0.767. The van der Waals surface area contributed by atoms with E-state index in [2.05, 4.69) is 30.9 Å². The van der Waals surface area contributed by atoms with Crippen molar-refractivity contribution < 1.29 is 14.7 Å². The van der Waals surface area contributed by atoms with E-state index in [9.17, 15) is 9.90 Å². The molecule has 1 heterocycles. The van der Waals surface area contributed by atoms with Crippen molar-refractivity contribution in [2.45, 2.75) is 32.7 Å². The third kappa shape index (κ3) is 4.75. The van der Waals surface area contributed by atoms with Crippen LogP contribution < -0.4 is 0 Å². The van der Waals surface area contributed by atoms with Crippen molar-refractivity contribution in [2.24, 2.45) is 0 Å². The van der Waals surface area contributed by atoms with Crippen molar-refractivity contribution in [3.63, 3.8) is 0 Å². The molecule has 1 aromatic heterocycles. The van der Waals surface area contributed by atoms with Crippen LogP contribution in [0.15, 0.2) is 42.7 Å². The molecule has 0 fully saturated rings. The van der Waals surface area contributed by atoms with Gasteiger partial charge in [0.05, 0.1) is 29.4 Å². The van der Waals surface area contributed by atoms with Crippen LogP contribution in [0.25, 0.3) is 5.69 Å². The summed E-state index contributed by atoms with van der Waals surface area (Å²) < 4.78 is 1.34. The normalized spacial score (nSPS) is 11.5. The number of hydrogen-bond donors (Lipinski definition) is 1. The molecule has 1 amide bonds. The highest BCUT2D eigenvalue weighted by atomic mass is 35.5. The van der Waals surface area contributed by atoms with Crippen LogP contribution in [0.4, 0.5) is 0 Å². The number of phenolic OH excluding ortho intramolecular Hbond substituents is 1. The Morgan fingerprint density at radius 2 is 1.77 bits per heavy atom. The number of hydroxylamine groups is 2. The fourth-order valence-electron chi connectivity index (χ4n) is 2.78. The number of aromatic hydroxyl groups is 1. The molecule has 30 heavy (non-hydrogen) atoms. The van der Waals surface area contributed by atoms with Gasteiger partial charge in [-0.05, 0) is 28.7 Å². The first-order chi connectivity index (χ1) is 14.1. The lowest BCUT2D eigenvalue weighted by Crippen LogP contribution is -2.30. The minimum absolute atomic E-state index is 0.0477. The van der Waals surface area contributed by atoms with Gasteiger partial charge in [0.1, 0.15) is 6.33 Å². The first-order valence-electron chi connectivity index (χ1n) is 9.15. The molecule has 0 aliphatic heterocycles. The SMILES string of the molecule is CON(Cc1ccc(C(C)(C)C)cc1)C(=O)c1ncn(-c2cc(Cl)c(O)c(Cl)c2)n1. The van der Waals surface area contributed by atoms with Crippen LogP contribution in [0.3, 0.4) is 0 Å². The molecular weight excluding hydrogens is 427 g/mol. The van der Waals surface area contributed by atoms with E-state index in [1.54, 1.807) is 0 Å². The van der Waals surface area contributed by atoms with E-state index in [1.807, 2.05) is 24.3 Å². The zero-order valence-corrected chi connectivity index (χ0v) is 18.6. The third-order valence-corrected chi connectivity index (χ3v) is 5.12. The summed E-state index contributed by atoms with van der Waals surface area (Å²) in [5, 5.41) is 15.2. The molecule has 0 aliphatic rings. The monoisotopic (exact) mass is 448 g/mol. The number of phenols is 1. The number of hydrogen-bond acceptors (Lipinski definition) is 5. The van der Waals surface area contributed by atoms with Crippen LogP contribution in [0.1, 0.15) is 42.5 Å². The van der Waals surface area contributed by atoms with Gasteiger partial charge < -0.3 is 5.11 Å². The lowest BCUT2D eigenvalue weighted by Gasteiger charge is -2.21. The highest BCUT2D eigenvalue weighted by molar-refractivity contribution is 6.37. The Morgan fingerprint density at radius 3 is 2.30 bits per heavy atom. The van der Waals surface area contributed by atoms with Crippen molar-refractivity contribution in [1.29, 1.82) is 0 Å². The number of benzene rings is 2. The summed E-state index contributed by atoms with van der Waals surface area (Å²) in [6.45, 7) is 6.67. The minimum Gasteiger partial charge on any atom is -0.505 e. The second-order valence-electron chi connectivity index (χ2n) is 7.74. The summed E-state index contributed by atoms with van der Waals surface area (Å²) in [6, 6.07) is 10.9. The van der Waals surface area contributed by atoms with Gasteiger partial charge in [-0.3, -0.25) is 9.63 Å². The van der Waals surface area contributed by atoms with Crippen molar-refractivity contribution in [2.75, 3.05) is 7.11 Å². The van der Waals surface area contributed by atoms with Gasteiger partial charge in [-0.1, -0.05) is 68.2 Å². The number of carbonyl (C=O) groups excluding carboxylic acids is 1. The maximum Gasteiger partial charge on any atom is 0.317 e. The van der Waals surface area contributed by atoms with E-state index in [0.29, 0.717) is 5.69 Å². The molecular formula is C21H22Cl2N4O3. The summed E-state index contributed by atoms with van der Waals surface area (Å²) in [6.07, 6.45) is 1.36. The van der Waals surface area contributed by atoms with E-state index < -0.39 is 5.91 Å². The Kier molecular flexibility index (Phi) is 6.36. The molecule has 3 aromatic rings. The third-order valence-electron chi connectivity index (χ3n) is 4.54. The van der Waals surface area contributed by atoms with Crippen LogP contribution >= 0.6 is 23.2 Å². The molecule has 0 saturated carbocycles. The molecule has 0 unspecified atom stereocenters. The molecule has 158 valence electrons. The molecule has 2 aromatic carbocycles. The van der Waals surface area contributed by atoms with Gasteiger partial charge in [0, 0.05) is 0 Å². The molecule has 0 saturated heterocycles. The van der Waals surface area contributed by atoms with E-state index in [4.69, 9.17) is 28.0 Å². The number of halogens is 2. The fourth-order valence-corrected chi connectivity index (χ4v) is 3.25. The van der Waals surface area contributed by atoms with Gasteiger partial charge in [-0.15, -0.1) is 5.10 Å². The van der Waals surface area contributed by atoms with Gasteiger partial charge in [0.25, 0.3) is 0 Å². The number of nitrogens with zero attached hydrogens (tertiary/aromatic N) is 4. The standard InChI is InChI=1S/C21H22Cl2N4O3/c1-21(2,3)14-7-5-13(6-8-14)11-27(30-4)20(29)19-24-12-26(25-19)15-9-16(22)18(28)17(23)10-15/h5-10,12,28H,11H2,1-4H3. The van der Waals surface area contributed by atoms with Crippen molar-refractivity contribution in [3.8, 4) is 11.4 Å². The van der Waals surface area contributed by atoms with Gasteiger partial charge in [0.15, 0.2) is 5.75 Å². The number of amides is 1. The Bertz CT molecular complexity index is 1040. The van der Waals surface area contributed by atoms with Crippen LogP contribution in [-0.2, 0) is 16.8 Å². The largest absolute Gasteiger partial charge is 0.505 e. The fraction of sp³-hybridized carbons (Fsp3) is 0.286. The molecule has 0 atom stereocenters. The molecule has 0 aliphatic carbocycles. The summed E-state index contributed by atoms with van der Waals surface area (Å²) in [5.41, 5.74) is 2.62. The van der Waals surface area contributed by atoms with Gasteiger partial charge in [-0.25, -0.2) is 14.7 Å². The smallest absolute Gasteiger partial charge is 0.317 e. The zero-order valence-electron chi connectivity index (χ0n) is 17.1. The Hall–Kier alpha value is -2.61. The molecule has 3 rings (SSSR count). The predicted octanol–water partition coefficient (Wildman–Crippen LogP) is 4.78. The van der Waals surface area contributed by atoms with Crippen molar-refractivity contribution in [1.82, 2.24) is 19.8 Å². The Labute approximate surface area is 184 Å². The average Bonchev–Trinajstić information content (AvgIpc) is 3.19. The maximum absolute atomic E-state index is 12.8. The quantitative estimate of drug-likeness (QED) is 0.567. The average molecular weight is 449 g/mol. The number of aromatic nitrogens is 3. The Balaban J connectivity index is 1.78. The second kappa shape index (κ2) is 8.63. The van der Waals surface area contributed by atoms with Gasteiger partial charge >= 0.3 is 5.91 Å². The second-order valence-corrected chi connectivity index (χ2v) is 8.56. The molecule has 0 spiro atoms. The maximum atomic E-state index is 12.8. The van der Waals surface area contributed by atoms with Crippen molar-refractivity contribution >= 4 is 29.1 Å². The van der Waals surface area contributed by atoms with Crippen LogP contribution in [0, 0.1) is 0 Å². The van der Waals surface area contributed by atoms with Crippen LogP contribution in [0.5, 0.6) is 5.75 Å². The minimum atomic E-state index is -0.493. The Morgan fingerprint density at radius 1 is 1.17 bits per heavy atom. The highest BCUT2D eigenvalue weighted by Gasteiger charge is 2.22. The number of carbonyl (C=O) groups is 1. The first-order valence-corrected chi connectivity index (χ1v) is 9.91. The van der Waals surface area contributed by atoms with Crippen LogP contribution in [0.2, 0.25) is 10.0 Å². The number of rotatable bonds is 5. The molecule has 7 nitrogen and oxygen atoms in total. The topological polar surface area (TPSA) is 80.5 Å². The lowest BCUT2D eigenvalue weighted by molar-refractivity contribution is -0.102. The zero-order chi connectivity index (χ0) is 22.1. The van der Waals surface area contributed by atoms with Crippen LogP contribution in [-0.4, -0.2) is 38.0 Å².